The van der Waals surface area contributed by atoms with Crippen molar-refractivity contribution >= 4 is 15.9 Å². The third-order valence-corrected chi connectivity index (χ3v) is 3.51. The quantitative estimate of drug-likeness (QED) is 0.655. The minimum Gasteiger partial charge on any atom is -0.276 e. The molecule has 0 spiro atoms. The van der Waals surface area contributed by atoms with E-state index in [1.165, 1.54) is 6.07 Å². The highest BCUT2D eigenvalue weighted by molar-refractivity contribution is 9.10. The molecule has 102 valence electrons. The zero-order chi connectivity index (χ0) is 13.8. The van der Waals surface area contributed by atoms with Crippen LogP contribution in [0.2, 0.25) is 0 Å². The fourth-order valence-corrected chi connectivity index (χ4v) is 2.36. The molecule has 1 aromatic heterocycles. The summed E-state index contributed by atoms with van der Waals surface area (Å²) >= 11 is 3.24. The molecule has 1 unspecified atom stereocenters. The van der Waals surface area contributed by atoms with E-state index in [2.05, 4.69) is 26.5 Å². The number of aromatic nitrogens is 2. The summed E-state index contributed by atoms with van der Waals surface area (Å²) in [4.78, 5) is 0. The molecular weight excluding hydrogens is 311 g/mol. The Hall–Kier alpha value is -1.24. The van der Waals surface area contributed by atoms with E-state index in [0.717, 1.165) is 16.5 Å². The molecule has 1 aromatic carbocycles. The van der Waals surface area contributed by atoms with Crippen LogP contribution in [0, 0.1) is 5.82 Å². The molecule has 3 N–H and O–H groups in total. The Bertz CT molecular complexity index is 555. The summed E-state index contributed by atoms with van der Waals surface area (Å²) in [5.41, 5.74) is 4.36. The van der Waals surface area contributed by atoms with E-state index in [-0.39, 0.29) is 11.9 Å². The minimum atomic E-state index is -0.261. The van der Waals surface area contributed by atoms with Gasteiger partial charge in [0, 0.05) is 29.3 Å². The van der Waals surface area contributed by atoms with Gasteiger partial charge in [-0.25, -0.2) is 4.39 Å². The first kappa shape index (κ1) is 14.2. The summed E-state index contributed by atoms with van der Waals surface area (Å²) < 4.78 is 16.3. The number of rotatable bonds is 5. The summed E-state index contributed by atoms with van der Waals surface area (Å²) in [6.45, 7) is 0. The lowest BCUT2D eigenvalue weighted by molar-refractivity contribution is 0.485. The van der Waals surface area contributed by atoms with Crippen LogP contribution in [0.15, 0.2) is 35.1 Å². The monoisotopic (exact) mass is 326 g/mol. The fraction of sp³-hybridized carbons (Fsp3) is 0.308. The van der Waals surface area contributed by atoms with Crippen LogP contribution < -0.4 is 11.3 Å². The molecule has 0 saturated carbocycles. The number of aryl methyl sites for hydroxylation is 2. The van der Waals surface area contributed by atoms with Gasteiger partial charge in [-0.3, -0.25) is 16.0 Å². The van der Waals surface area contributed by atoms with Crippen molar-refractivity contribution in [2.75, 3.05) is 0 Å². The highest BCUT2D eigenvalue weighted by Gasteiger charge is 2.15. The third kappa shape index (κ3) is 3.62. The first-order chi connectivity index (χ1) is 9.10. The number of benzene rings is 1. The Morgan fingerprint density at radius 2 is 2.32 bits per heavy atom. The van der Waals surface area contributed by atoms with Crippen molar-refractivity contribution in [3.05, 3.63) is 52.0 Å². The molecule has 0 aliphatic rings. The van der Waals surface area contributed by atoms with E-state index in [1.807, 2.05) is 25.5 Å². The normalized spacial score (nSPS) is 12.6. The number of hydrogen-bond acceptors (Lipinski definition) is 3. The van der Waals surface area contributed by atoms with Crippen LogP contribution in [-0.4, -0.2) is 9.78 Å². The lowest BCUT2D eigenvalue weighted by atomic mass is 10.0. The van der Waals surface area contributed by atoms with Crippen molar-refractivity contribution in [1.82, 2.24) is 15.2 Å². The average Bonchev–Trinajstić information content (AvgIpc) is 2.78. The van der Waals surface area contributed by atoms with Crippen LogP contribution >= 0.6 is 15.9 Å². The van der Waals surface area contributed by atoms with Gasteiger partial charge in [0.2, 0.25) is 0 Å². The largest absolute Gasteiger partial charge is 0.276 e. The standard InChI is InChI=1S/C13H16BrFN4/c1-19-8-9(7-17-19)2-5-13(18-16)11-4-3-10(14)6-12(11)15/h3-4,6-8,13,18H,2,5,16H2,1H3. The van der Waals surface area contributed by atoms with Crippen molar-refractivity contribution in [2.24, 2.45) is 12.9 Å². The Labute approximate surface area is 119 Å². The molecule has 1 heterocycles. The van der Waals surface area contributed by atoms with Crippen LogP contribution in [0.3, 0.4) is 0 Å². The zero-order valence-corrected chi connectivity index (χ0v) is 12.2. The summed E-state index contributed by atoms with van der Waals surface area (Å²) in [5.74, 6) is 5.27. The lowest BCUT2D eigenvalue weighted by Gasteiger charge is -2.16. The first-order valence-corrected chi connectivity index (χ1v) is 6.78. The summed E-state index contributed by atoms with van der Waals surface area (Å²) in [6, 6.07) is 4.79. The molecule has 0 bridgehead atoms. The molecule has 0 radical (unpaired) electrons. The van der Waals surface area contributed by atoms with Crippen LogP contribution in [0.5, 0.6) is 0 Å². The number of halogens is 2. The Kier molecular flexibility index (Phi) is 4.68. The Morgan fingerprint density at radius 3 is 2.89 bits per heavy atom. The molecule has 19 heavy (non-hydrogen) atoms. The predicted molar refractivity (Wildman–Crippen MR) is 75.7 cm³/mol. The molecule has 0 amide bonds. The molecular formula is C13H16BrFN4. The second kappa shape index (κ2) is 6.27. The molecule has 0 aliphatic heterocycles. The lowest BCUT2D eigenvalue weighted by Crippen LogP contribution is -2.29. The number of hydrazine groups is 1. The fourth-order valence-electron chi connectivity index (χ4n) is 2.02. The maximum atomic E-state index is 13.9. The van der Waals surface area contributed by atoms with Gasteiger partial charge in [-0.05, 0) is 30.5 Å². The first-order valence-electron chi connectivity index (χ1n) is 5.98. The van der Waals surface area contributed by atoms with E-state index in [4.69, 9.17) is 5.84 Å². The molecule has 0 aliphatic carbocycles. The van der Waals surface area contributed by atoms with Gasteiger partial charge in [0.25, 0.3) is 0 Å². The molecule has 2 rings (SSSR count). The van der Waals surface area contributed by atoms with Crippen molar-refractivity contribution in [3.63, 3.8) is 0 Å². The summed E-state index contributed by atoms with van der Waals surface area (Å²) in [5, 5.41) is 4.11. The zero-order valence-electron chi connectivity index (χ0n) is 10.6. The second-order valence-electron chi connectivity index (χ2n) is 4.45. The number of hydrogen-bond donors (Lipinski definition) is 2. The Balaban J connectivity index is 2.07. The maximum absolute atomic E-state index is 13.9. The van der Waals surface area contributed by atoms with Crippen LogP contribution in [0.1, 0.15) is 23.6 Å². The van der Waals surface area contributed by atoms with E-state index >= 15 is 0 Å². The van der Waals surface area contributed by atoms with Gasteiger partial charge in [-0.1, -0.05) is 22.0 Å². The molecule has 4 nitrogen and oxygen atoms in total. The Morgan fingerprint density at radius 1 is 1.53 bits per heavy atom. The van der Waals surface area contributed by atoms with Gasteiger partial charge in [0.1, 0.15) is 5.82 Å². The molecule has 2 aromatic rings. The maximum Gasteiger partial charge on any atom is 0.129 e. The second-order valence-corrected chi connectivity index (χ2v) is 5.36. The summed E-state index contributed by atoms with van der Waals surface area (Å²) in [6.07, 6.45) is 5.26. The van der Waals surface area contributed by atoms with Gasteiger partial charge < -0.3 is 0 Å². The third-order valence-electron chi connectivity index (χ3n) is 3.02. The molecule has 1 atom stereocenters. The molecule has 0 fully saturated rings. The van der Waals surface area contributed by atoms with E-state index in [9.17, 15) is 4.39 Å². The van der Waals surface area contributed by atoms with E-state index in [1.54, 1.807) is 10.7 Å². The summed E-state index contributed by atoms with van der Waals surface area (Å²) in [7, 11) is 1.87. The van der Waals surface area contributed by atoms with E-state index < -0.39 is 0 Å². The van der Waals surface area contributed by atoms with Gasteiger partial charge >= 0.3 is 0 Å². The number of nitrogens with zero attached hydrogens (tertiary/aromatic N) is 2. The predicted octanol–water partition coefficient (Wildman–Crippen LogP) is 2.46. The van der Waals surface area contributed by atoms with Crippen molar-refractivity contribution in [1.29, 1.82) is 0 Å². The van der Waals surface area contributed by atoms with Crippen molar-refractivity contribution in [2.45, 2.75) is 18.9 Å². The van der Waals surface area contributed by atoms with E-state index in [0.29, 0.717) is 12.0 Å². The minimum absolute atomic E-state index is 0.215. The highest BCUT2D eigenvalue weighted by Crippen LogP contribution is 2.24. The van der Waals surface area contributed by atoms with Crippen LogP contribution in [-0.2, 0) is 13.5 Å². The smallest absolute Gasteiger partial charge is 0.129 e. The SMILES string of the molecule is Cn1cc(CCC(NN)c2ccc(Br)cc2F)cn1. The molecule has 0 saturated heterocycles. The van der Waals surface area contributed by atoms with Gasteiger partial charge in [0.05, 0.1) is 6.20 Å². The van der Waals surface area contributed by atoms with Crippen LogP contribution in [0.25, 0.3) is 0 Å². The topological polar surface area (TPSA) is 55.9 Å². The molecule has 6 heteroatoms. The van der Waals surface area contributed by atoms with Gasteiger partial charge in [-0.15, -0.1) is 0 Å². The van der Waals surface area contributed by atoms with Gasteiger partial charge in [-0.2, -0.15) is 5.10 Å². The average molecular weight is 327 g/mol. The van der Waals surface area contributed by atoms with Crippen LogP contribution in [0.4, 0.5) is 4.39 Å². The van der Waals surface area contributed by atoms with Crippen molar-refractivity contribution in [3.8, 4) is 0 Å². The van der Waals surface area contributed by atoms with Crippen molar-refractivity contribution < 1.29 is 4.39 Å². The highest BCUT2D eigenvalue weighted by atomic mass is 79.9. The number of nitrogens with two attached hydrogens (primary N) is 1. The van der Waals surface area contributed by atoms with Gasteiger partial charge in [0.15, 0.2) is 0 Å². The number of nitrogens with one attached hydrogen (secondary N) is 1.